The van der Waals surface area contributed by atoms with Crippen LogP contribution in [0.25, 0.3) is 0 Å². The number of halogens is 2. The third-order valence-corrected chi connectivity index (χ3v) is 6.12. The smallest absolute Gasteiger partial charge is 0.252 e. The molecule has 0 atom stereocenters. The van der Waals surface area contributed by atoms with Crippen molar-refractivity contribution >= 4 is 15.7 Å². The molecule has 0 unspecified atom stereocenters. The third kappa shape index (κ3) is 6.47. The first-order valence-electron chi connectivity index (χ1n) is 10.2. The molecule has 3 rings (SSSR count). The summed E-state index contributed by atoms with van der Waals surface area (Å²) in [5.41, 5.74) is 0. The molecule has 164 valence electrons. The van der Waals surface area contributed by atoms with Crippen LogP contribution >= 0.6 is 0 Å². The average molecular weight is 434 g/mol. The molecular formula is C19H29F2N3O4S. The summed E-state index contributed by atoms with van der Waals surface area (Å²) in [6.45, 7) is 2.84. The van der Waals surface area contributed by atoms with Gasteiger partial charge in [0.25, 0.3) is 5.16 Å². The first kappa shape index (κ1) is 22.1. The van der Waals surface area contributed by atoms with E-state index in [0.717, 1.165) is 38.5 Å². The van der Waals surface area contributed by atoms with Gasteiger partial charge in [-0.3, -0.25) is 0 Å². The van der Waals surface area contributed by atoms with Crippen LogP contribution in [0.5, 0.6) is 5.88 Å². The van der Waals surface area contributed by atoms with Crippen molar-refractivity contribution < 1.29 is 26.7 Å². The van der Waals surface area contributed by atoms with Crippen molar-refractivity contribution in [1.82, 2.24) is 9.97 Å². The lowest BCUT2D eigenvalue weighted by atomic mass is 9.92. The maximum absolute atomic E-state index is 13.4. The normalized spacial score (nSPS) is 24.7. The van der Waals surface area contributed by atoms with Gasteiger partial charge in [-0.15, -0.1) is 0 Å². The SMILES string of the molecule is CCCCOC1CC(Oc2cc(NC3CCC(F)(F)CC3)nc(S(C)(=O)=O)n2)C1. The number of unbranched alkanes of at least 4 members (excludes halogenated alkanes) is 1. The molecule has 1 aromatic heterocycles. The third-order valence-electron chi connectivity index (χ3n) is 5.27. The Bertz CT molecular complexity index is 791. The van der Waals surface area contributed by atoms with Gasteiger partial charge in [0.2, 0.25) is 21.6 Å². The summed E-state index contributed by atoms with van der Waals surface area (Å²) in [4.78, 5) is 8.07. The highest BCUT2D eigenvalue weighted by Crippen LogP contribution is 2.34. The van der Waals surface area contributed by atoms with Crippen molar-refractivity contribution in [3.63, 3.8) is 0 Å². The minimum absolute atomic E-state index is 0.0924. The van der Waals surface area contributed by atoms with Crippen LogP contribution in [-0.2, 0) is 14.6 Å². The lowest BCUT2D eigenvalue weighted by molar-refractivity contribution is -0.0627. The number of hydrogen-bond donors (Lipinski definition) is 1. The molecule has 0 saturated heterocycles. The molecule has 0 radical (unpaired) electrons. The molecule has 0 amide bonds. The standard InChI is InChI=1S/C19H29F2N3O4S/c1-3-4-9-27-14-10-15(11-14)28-17-12-16(23-18(24-17)29(2,25)26)22-13-5-7-19(20,21)8-6-13/h12-15H,3-11H2,1-2H3,(H,22,23,24). The van der Waals surface area contributed by atoms with E-state index in [1.165, 1.54) is 6.07 Å². The van der Waals surface area contributed by atoms with Crippen molar-refractivity contribution in [3.8, 4) is 5.88 Å². The number of nitrogens with one attached hydrogen (secondary N) is 1. The fourth-order valence-electron chi connectivity index (χ4n) is 3.41. The quantitative estimate of drug-likeness (QED) is 0.470. The van der Waals surface area contributed by atoms with Crippen molar-refractivity contribution in [1.29, 1.82) is 0 Å². The van der Waals surface area contributed by atoms with Gasteiger partial charge in [0.15, 0.2) is 0 Å². The van der Waals surface area contributed by atoms with Crippen molar-refractivity contribution in [2.24, 2.45) is 0 Å². The molecule has 10 heteroatoms. The Hall–Kier alpha value is -1.55. The van der Waals surface area contributed by atoms with Crippen LogP contribution in [0, 0.1) is 0 Å². The van der Waals surface area contributed by atoms with E-state index in [1.54, 1.807) is 0 Å². The Kier molecular flexibility index (Phi) is 6.93. The van der Waals surface area contributed by atoms with Gasteiger partial charge in [-0.1, -0.05) is 13.3 Å². The lowest BCUT2D eigenvalue weighted by Gasteiger charge is -2.35. The number of alkyl halides is 2. The van der Waals surface area contributed by atoms with Crippen LogP contribution in [0.1, 0.15) is 58.3 Å². The summed E-state index contributed by atoms with van der Waals surface area (Å²) in [7, 11) is -3.64. The Morgan fingerprint density at radius 2 is 1.90 bits per heavy atom. The minimum atomic E-state index is -3.64. The maximum Gasteiger partial charge on any atom is 0.252 e. The molecule has 0 bridgehead atoms. The molecule has 2 saturated carbocycles. The van der Waals surface area contributed by atoms with Crippen LogP contribution in [0.2, 0.25) is 0 Å². The maximum atomic E-state index is 13.4. The van der Waals surface area contributed by atoms with Crippen LogP contribution in [0.15, 0.2) is 11.2 Å². The molecule has 0 spiro atoms. The summed E-state index contributed by atoms with van der Waals surface area (Å²) in [6, 6.07) is 1.34. The average Bonchev–Trinajstić information content (AvgIpc) is 2.60. The molecule has 2 aliphatic carbocycles. The van der Waals surface area contributed by atoms with Gasteiger partial charge in [-0.05, 0) is 19.3 Å². The second-order valence-electron chi connectivity index (χ2n) is 7.98. The van der Waals surface area contributed by atoms with E-state index in [9.17, 15) is 17.2 Å². The molecule has 2 aliphatic rings. The number of ether oxygens (including phenoxy) is 2. The highest BCUT2D eigenvalue weighted by Gasteiger charge is 2.35. The molecule has 2 fully saturated rings. The van der Waals surface area contributed by atoms with Crippen LogP contribution in [0.3, 0.4) is 0 Å². The Balaban J connectivity index is 1.62. The monoisotopic (exact) mass is 433 g/mol. The number of hydrogen-bond acceptors (Lipinski definition) is 7. The van der Waals surface area contributed by atoms with E-state index in [4.69, 9.17) is 9.47 Å². The number of rotatable bonds is 9. The number of nitrogens with zero attached hydrogens (tertiary/aromatic N) is 2. The van der Waals surface area contributed by atoms with Crippen molar-refractivity contribution in [2.45, 2.75) is 87.6 Å². The van der Waals surface area contributed by atoms with Crippen molar-refractivity contribution in [2.75, 3.05) is 18.2 Å². The Morgan fingerprint density at radius 1 is 1.21 bits per heavy atom. The van der Waals surface area contributed by atoms with E-state index in [-0.39, 0.29) is 47.9 Å². The number of sulfone groups is 1. The van der Waals surface area contributed by atoms with Gasteiger partial charge >= 0.3 is 0 Å². The molecule has 29 heavy (non-hydrogen) atoms. The summed E-state index contributed by atoms with van der Waals surface area (Å²) >= 11 is 0. The fraction of sp³-hybridized carbons (Fsp3) is 0.789. The Morgan fingerprint density at radius 3 is 2.52 bits per heavy atom. The fourth-order valence-corrected chi connectivity index (χ4v) is 3.93. The first-order chi connectivity index (χ1) is 13.6. The second-order valence-corrected chi connectivity index (χ2v) is 9.89. The molecule has 0 aromatic carbocycles. The van der Waals surface area contributed by atoms with Gasteiger partial charge in [-0.25, -0.2) is 22.2 Å². The number of aromatic nitrogens is 2. The highest BCUT2D eigenvalue weighted by atomic mass is 32.2. The minimum Gasteiger partial charge on any atom is -0.474 e. The summed E-state index contributed by atoms with van der Waals surface area (Å²) in [5, 5.41) is 2.73. The lowest BCUT2D eigenvalue weighted by Crippen LogP contribution is -2.40. The largest absolute Gasteiger partial charge is 0.474 e. The van der Waals surface area contributed by atoms with Crippen LogP contribution in [0.4, 0.5) is 14.6 Å². The van der Waals surface area contributed by atoms with E-state index in [2.05, 4.69) is 22.2 Å². The summed E-state index contributed by atoms with van der Waals surface area (Å²) in [5.74, 6) is -2.18. The van der Waals surface area contributed by atoms with Gasteiger partial charge in [0, 0.05) is 50.7 Å². The molecule has 1 N–H and O–H groups in total. The predicted octanol–water partition coefficient (Wildman–Crippen LogP) is 3.60. The van der Waals surface area contributed by atoms with Crippen LogP contribution in [-0.4, -0.2) is 55.4 Å². The first-order valence-corrected chi connectivity index (χ1v) is 12.1. The molecular weight excluding hydrogens is 404 g/mol. The van der Waals surface area contributed by atoms with Crippen LogP contribution < -0.4 is 10.1 Å². The number of anilines is 1. The van der Waals surface area contributed by atoms with E-state index < -0.39 is 15.8 Å². The van der Waals surface area contributed by atoms with E-state index in [0.29, 0.717) is 12.8 Å². The molecule has 1 aromatic rings. The Labute approximate surface area is 170 Å². The molecule has 7 nitrogen and oxygen atoms in total. The van der Waals surface area contributed by atoms with Gasteiger partial charge in [0.05, 0.1) is 6.10 Å². The topological polar surface area (TPSA) is 90.4 Å². The zero-order valence-electron chi connectivity index (χ0n) is 16.9. The molecule has 0 aliphatic heterocycles. The van der Waals surface area contributed by atoms with Gasteiger partial charge in [0.1, 0.15) is 11.9 Å². The highest BCUT2D eigenvalue weighted by molar-refractivity contribution is 7.90. The molecule has 1 heterocycles. The second kappa shape index (κ2) is 9.07. The van der Waals surface area contributed by atoms with Gasteiger partial charge in [-0.2, -0.15) is 4.98 Å². The van der Waals surface area contributed by atoms with Crippen molar-refractivity contribution in [3.05, 3.63) is 6.07 Å². The zero-order chi connectivity index (χ0) is 21.1. The summed E-state index contributed by atoms with van der Waals surface area (Å²) in [6.07, 6.45) is 4.84. The summed E-state index contributed by atoms with van der Waals surface area (Å²) < 4.78 is 62.2. The zero-order valence-corrected chi connectivity index (χ0v) is 17.7. The van der Waals surface area contributed by atoms with Gasteiger partial charge < -0.3 is 14.8 Å². The van der Waals surface area contributed by atoms with E-state index in [1.807, 2.05) is 0 Å². The van der Waals surface area contributed by atoms with E-state index >= 15 is 0 Å². The predicted molar refractivity (Wildman–Crippen MR) is 104 cm³/mol.